The molecule has 2 nitrogen and oxygen atoms in total. The fraction of sp³-hybridized carbons (Fsp3) is 0. The molecule has 1 N–H and O–H groups in total. The number of aliphatic hydroxyl groups is 1. The minimum absolute atomic E-state index is 0.583. The second-order valence-electron chi connectivity index (χ2n) is 1.04. The van der Waals surface area contributed by atoms with Gasteiger partial charge >= 0.3 is 0 Å². The van der Waals surface area contributed by atoms with Gasteiger partial charge in [0.05, 0.1) is 0 Å². The molecule has 8 heavy (non-hydrogen) atoms. The Morgan fingerprint density at radius 2 is 2.25 bits per heavy atom. The summed E-state index contributed by atoms with van der Waals surface area (Å²) in [6.07, 6.45) is 0.948. The van der Waals surface area contributed by atoms with E-state index in [0.717, 1.165) is 6.08 Å². The molecule has 0 spiro atoms. The van der Waals surface area contributed by atoms with Gasteiger partial charge in [-0.05, 0) is 12.8 Å². The van der Waals surface area contributed by atoms with Crippen molar-refractivity contribution in [2.75, 3.05) is 0 Å². The SMILES string of the molecule is C=C/C(O)=C(/F)N=C. The van der Waals surface area contributed by atoms with Crippen molar-refractivity contribution in [3.05, 3.63) is 24.4 Å². The van der Waals surface area contributed by atoms with Crippen LogP contribution in [0.2, 0.25) is 0 Å². The number of nitrogens with zero attached hydrogens (tertiary/aromatic N) is 1. The monoisotopic (exact) mass is 115 g/mol. The number of allylic oxidation sites excluding steroid dienone is 1. The van der Waals surface area contributed by atoms with E-state index >= 15 is 0 Å². The number of aliphatic hydroxyl groups excluding tert-OH is 1. The highest BCUT2D eigenvalue weighted by Crippen LogP contribution is 2.02. The molecule has 0 unspecified atom stereocenters. The van der Waals surface area contributed by atoms with Gasteiger partial charge in [-0.3, -0.25) is 0 Å². The molecule has 0 aliphatic carbocycles. The number of rotatable bonds is 2. The maximum Gasteiger partial charge on any atom is 0.254 e. The Kier molecular flexibility index (Phi) is 2.54. The van der Waals surface area contributed by atoms with E-state index in [-0.39, 0.29) is 0 Å². The molecule has 0 heterocycles. The molecule has 0 radical (unpaired) electrons. The van der Waals surface area contributed by atoms with Crippen molar-refractivity contribution >= 4 is 6.72 Å². The summed E-state index contributed by atoms with van der Waals surface area (Å²) >= 11 is 0. The summed E-state index contributed by atoms with van der Waals surface area (Å²) in [6.45, 7) is 5.93. The molecule has 44 valence electrons. The van der Waals surface area contributed by atoms with Gasteiger partial charge in [0.15, 0.2) is 5.76 Å². The Morgan fingerprint density at radius 3 is 2.38 bits per heavy atom. The van der Waals surface area contributed by atoms with E-state index in [9.17, 15) is 4.39 Å². The highest BCUT2D eigenvalue weighted by atomic mass is 19.1. The fourth-order valence-corrected chi connectivity index (χ4v) is 0.165. The topological polar surface area (TPSA) is 32.6 Å². The van der Waals surface area contributed by atoms with Crippen LogP contribution in [0.3, 0.4) is 0 Å². The van der Waals surface area contributed by atoms with E-state index in [1.165, 1.54) is 0 Å². The lowest BCUT2D eigenvalue weighted by Gasteiger charge is -1.86. The van der Waals surface area contributed by atoms with E-state index in [1.807, 2.05) is 0 Å². The first-order valence-corrected chi connectivity index (χ1v) is 1.90. The predicted molar refractivity (Wildman–Crippen MR) is 30.5 cm³/mol. The molecule has 0 amide bonds. The molecule has 0 bridgehead atoms. The third-order valence-electron chi connectivity index (χ3n) is 0.544. The molecule has 0 aliphatic heterocycles. The highest BCUT2D eigenvalue weighted by molar-refractivity contribution is 5.29. The fourth-order valence-electron chi connectivity index (χ4n) is 0.165. The van der Waals surface area contributed by atoms with Crippen LogP contribution in [0, 0.1) is 0 Å². The molecule has 0 fully saturated rings. The number of aliphatic imine (C=N–C) groups is 1. The van der Waals surface area contributed by atoms with Crippen LogP contribution in [-0.4, -0.2) is 11.8 Å². The van der Waals surface area contributed by atoms with E-state index in [4.69, 9.17) is 5.11 Å². The molecular formula is C5H6FNO. The summed E-state index contributed by atoms with van der Waals surface area (Å²) in [5.41, 5.74) is 0. The van der Waals surface area contributed by atoms with Gasteiger partial charge in [0.1, 0.15) is 0 Å². The molecule has 0 aromatic rings. The Hall–Kier alpha value is -1.12. The zero-order valence-electron chi connectivity index (χ0n) is 4.26. The van der Waals surface area contributed by atoms with Gasteiger partial charge in [-0.2, -0.15) is 4.39 Å². The van der Waals surface area contributed by atoms with Gasteiger partial charge in [-0.25, -0.2) is 4.99 Å². The second-order valence-corrected chi connectivity index (χ2v) is 1.04. The number of halogens is 1. The van der Waals surface area contributed by atoms with E-state index in [0.29, 0.717) is 0 Å². The molecule has 0 saturated carbocycles. The summed E-state index contributed by atoms with van der Waals surface area (Å²) in [6, 6.07) is 0. The lowest BCUT2D eigenvalue weighted by atomic mass is 10.5. The van der Waals surface area contributed by atoms with E-state index < -0.39 is 11.7 Å². The van der Waals surface area contributed by atoms with Crippen molar-refractivity contribution in [2.24, 2.45) is 4.99 Å². The molecule has 3 heteroatoms. The molecule has 0 atom stereocenters. The molecule has 0 rings (SSSR count). The Labute approximate surface area is 46.7 Å². The number of hydrogen-bond acceptors (Lipinski definition) is 2. The van der Waals surface area contributed by atoms with Crippen molar-refractivity contribution in [1.29, 1.82) is 0 Å². The van der Waals surface area contributed by atoms with Crippen molar-refractivity contribution in [3.63, 3.8) is 0 Å². The smallest absolute Gasteiger partial charge is 0.254 e. The third-order valence-corrected chi connectivity index (χ3v) is 0.544. The maximum absolute atomic E-state index is 11.9. The maximum atomic E-state index is 11.9. The third kappa shape index (κ3) is 1.55. The van der Waals surface area contributed by atoms with Gasteiger partial charge in [-0.1, -0.05) is 6.58 Å². The predicted octanol–water partition coefficient (Wildman–Crippen LogP) is 1.57. The first-order valence-electron chi connectivity index (χ1n) is 1.90. The Morgan fingerprint density at radius 1 is 1.75 bits per heavy atom. The van der Waals surface area contributed by atoms with E-state index in [2.05, 4.69) is 18.3 Å². The number of hydrogen-bond donors (Lipinski definition) is 1. The molecule has 0 saturated heterocycles. The summed E-state index contributed by atoms with van der Waals surface area (Å²) in [4.78, 5) is 2.80. The zero-order chi connectivity index (χ0) is 6.57. The molecule has 0 aliphatic rings. The van der Waals surface area contributed by atoms with Crippen molar-refractivity contribution in [1.82, 2.24) is 0 Å². The Balaban J connectivity index is 4.25. The lowest BCUT2D eigenvalue weighted by Crippen LogP contribution is -1.75. The van der Waals surface area contributed by atoms with Crippen LogP contribution in [0.25, 0.3) is 0 Å². The lowest BCUT2D eigenvalue weighted by molar-refractivity contribution is 0.399. The van der Waals surface area contributed by atoms with Crippen LogP contribution in [0.5, 0.6) is 0 Å². The van der Waals surface area contributed by atoms with Gasteiger partial charge in [0.2, 0.25) is 0 Å². The quantitative estimate of drug-likeness (QED) is 0.252. The van der Waals surface area contributed by atoms with Gasteiger partial charge < -0.3 is 5.11 Å². The van der Waals surface area contributed by atoms with Crippen LogP contribution in [0.4, 0.5) is 4.39 Å². The van der Waals surface area contributed by atoms with Crippen LogP contribution in [-0.2, 0) is 0 Å². The van der Waals surface area contributed by atoms with E-state index in [1.54, 1.807) is 0 Å². The minimum Gasteiger partial charge on any atom is -0.504 e. The largest absolute Gasteiger partial charge is 0.504 e. The summed E-state index contributed by atoms with van der Waals surface area (Å²) in [7, 11) is 0. The van der Waals surface area contributed by atoms with Crippen molar-refractivity contribution in [2.45, 2.75) is 0 Å². The van der Waals surface area contributed by atoms with Gasteiger partial charge in [0, 0.05) is 0 Å². The average molecular weight is 115 g/mol. The summed E-state index contributed by atoms with van der Waals surface area (Å²) in [5.74, 6) is -1.58. The zero-order valence-corrected chi connectivity index (χ0v) is 4.26. The van der Waals surface area contributed by atoms with Crippen molar-refractivity contribution < 1.29 is 9.50 Å². The molecule has 0 aromatic heterocycles. The van der Waals surface area contributed by atoms with Crippen LogP contribution < -0.4 is 0 Å². The Bertz CT molecular complexity index is 123. The summed E-state index contributed by atoms with van der Waals surface area (Å²) < 4.78 is 11.9. The van der Waals surface area contributed by atoms with Crippen molar-refractivity contribution in [3.8, 4) is 0 Å². The normalized spacial score (nSPS) is 12.1. The molecule has 0 aromatic carbocycles. The minimum atomic E-state index is -1.00. The van der Waals surface area contributed by atoms with Crippen LogP contribution in [0.1, 0.15) is 0 Å². The van der Waals surface area contributed by atoms with Crippen LogP contribution >= 0.6 is 0 Å². The summed E-state index contributed by atoms with van der Waals surface area (Å²) in [5, 5.41) is 8.38. The average Bonchev–Trinajstić information content (AvgIpc) is 1.84. The van der Waals surface area contributed by atoms with Gasteiger partial charge in [-0.15, -0.1) is 0 Å². The first kappa shape index (κ1) is 6.88. The second kappa shape index (κ2) is 2.96. The molecular weight excluding hydrogens is 109 g/mol. The van der Waals surface area contributed by atoms with Gasteiger partial charge in [0.25, 0.3) is 5.95 Å². The standard InChI is InChI=1S/C5H6FNO/c1-3-4(8)5(6)7-2/h3,8H,1-2H2/b5-4+. The van der Waals surface area contributed by atoms with Crippen LogP contribution in [0.15, 0.2) is 29.4 Å². The highest BCUT2D eigenvalue weighted by Gasteiger charge is 1.93. The first-order chi connectivity index (χ1) is 3.72.